The molecule has 1 N–H and O–H groups in total. The zero-order valence-corrected chi connectivity index (χ0v) is 13.0. The fourth-order valence-corrected chi connectivity index (χ4v) is 1.72. The molecule has 0 unspecified atom stereocenters. The molecule has 1 rings (SSSR count). The second-order valence-corrected chi connectivity index (χ2v) is 5.61. The van der Waals surface area contributed by atoms with Crippen LogP contribution in [0.4, 0.5) is 4.79 Å². The Bertz CT molecular complexity index is 417. The number of carbonyl (C=O) groups excluding carboxylic acids is 3. The van der Waals surface area contributed by atoms with E-state index in [4.69, 9.17) is 9.57 Å². The average Bonchev–Trinajstić information content (AvgIpc) is 2.34. The van der Waals surface area contributed by atoms with Crippen molar-refractivity contribution >= 4 is 18.0 Å². The molecule has 1 fully saturated rings. The molecular formula is C13H22N2O6. The molecule has 0 aromatic carbocycles. The van der Waals surface area contributed by atoms with Crippen molar-refractivity contribution in [3.63, 3.8) is 0 Å². The molecule has 0 aromatic rings. The van der Waals surface area contributed by atoms with Crippen molar-refractivity contribution < 1.29 is 28.7 Å². The van der Waals surface area contributed by atoms with Gasteiger partial charge in [0.05, 0.1) is 12.6 Å². The number of amides is 2. The Morgan fingerprint density at radius 3 is 2.43 bits per heavy atom. The Morgan fingerprint density at radius 2 is 1.95 bits per heavy atom. The minimum absolute atomic E-state index is 0.245. The Kier molecular flexibility index (Phi) is 5.54. The van der Waals surface area contributed by atoms with E-state index in [-0.39, 0.29) is 19.3 Å². The number of rotatable bonds is 5. The van der Waals surface area contributed by atoms with Gasteiger partial charge in [-0.15, -0.1) is 0 Å². The van der Waals surface area contributed by atoms with Gasteiger partial charge in [-0.3, -0.25) is 9.63 Å². The highest BCUT2D eigenvalue weighted by Gasteiger charge is 2.47. The summed E-state index contributed by atoms with van der Waals surface area (Å²) in [6.07, 6.45) is -0.669. The van der Waals surface area contributed by atoms with Crippen molar-refractivity contribution in [2.75, 3.05) is 13.2 Å². The molecule has 8 nitrogen and oxygen atoms in total. The van der Waals surface area contributed by atoms with Crippen LogP contribution in [0.3, 0.4) is 0 Å². The third-order valence-corrected chi connectivity index (χ3v) is 2.63. The van der Waals surface area contributed by atoms with Gasteiger partial charge in [0.2, 0.25) is 0 Å². The fraction of sp³-hybridized carbons (Fsp3) is 0.769. The summed E-state index contributed by atoms with van der Waals surface area (Å²) in [6.45, 7) is 8.45. The first kappa shape index (κ1) is 17.2. The van der Waals surface area contributed by atoms with Crippen LogP contribution in [0, 0.1) is 0 Å². The van der Waals surface area contributed by atoms with Crippen LogP contribution in [0.25, 0.3) is 0 Å². The molecule has 8 heteroatoms. The van der Waals surface area contributed by atoms with Gasteiger partial charge in [-0.1, -0.05) is 0 Å². The number of nitrogens with one attached hydrogen (secondary N) is 1. The van der Waals surface area contributed by atoms with E-state index in [0.717, 1.165) is 5.06 Å². The average molecular weight is 302 g/mol. The molecule has 1 saturated heterocycles. The first-order valence-corrected chi connectivity index (χ1v) is 6.77. The molecule has 0 aromatic heterocycles. The summed E-state index contributed by atoms with van der Waals surface area (Å²) in [4.78, 5) is 39.6. The number of ether oxygens (including phenoxy) is 2. The van der Waals surface area contributed by atoms with E-state index in [1.807, 2.05) is 0 Å². The highest BCUT2D eigenvalue weighted by molar-refractivity contribution is 5.91. The largest absolute Gasteiger partial charge is 0.464 e. The molecule has 1 aliphatic heterocycles. The molecular weight excluding hydrogens is 280 g/mol. The van der Waals surface area contributed by atoms with Crippen molar-refractivity contribution in [1.82, 2.24) is 10.4 Å². The molecule has 0 spiro atoms. The number of hydroxylamine groups is 2. The SMILES string of the molecule is CCOC(=O)CON1C(=O)[C@@H](NC(=O)OC(C)(C)C)[C@@H]1C. The third kappa shape index (κ3) is 4.89. The van der Waals surface area contributed by atoms with Crippen molar-refractivity contribution in [2.24, 2.45) is 0 Å². The number of β-lactam (4-membered cyclic amide) rings is 1. The molecule has 1 aliphatic rings. The summed E-state index contributed by atoms with van der Waals surface area (Å²) in [5.41, 5.74) is -0.639. The van der Waals surface area contributed by atoms with Gasteiger partial charge >= 0.3 is 12.1 Å². The maximum Gasteiger partial charge on any atom is 0.408 e. The van der Waals surface area contributed by atoms with Gasteiger partial charge in [0, 0.05) is 0 Å². The van der Waals surface area contributed by atoms with E-state index in [2.05, 4.69) is 10.1 Å². The third-order valence-electron chi connectivity index (χ3n) is 2.63. The lowest BCUT2D eigenvalue weighted by Crippen LogP contribution is -2.69. The standard InChI is InChI=1S/C13H22N2O6/c1-6-19-9(16)7-20-15-8(2)10(11(15)17)14-12(18)21-13(3,4)5/h8,10H,6-7H2,1-5H3,(H,14,18)/t8-,10-/m0/s1. The summed E-state index contributed by atoms with van der Waals surface area (Å²) < 4.78 is 9.76. The van der Waals surface area contributed by atoms with Crippen molar-refractivity contribution in [1.29, 1.82) is 0 Å². The number of hydrogen-bond donors (Lipinski definition) is 1. The van der Waals surface area contributed by atoms with Crippen molar-refractivity contribution in [2.45, 2.75) is 52.3 Å². The van der Waals surface area contributed by atoms with Crippen LogP contribution in [-0.4, -0.2) is 53.9 Å². The van der Waals surface area contributed by atoms with Crippen LogP contribution < -0.4 is 5.32 Å². The van der Waals surface area contributed by atoms with E-state index in [1.54, 1.807) is 34.6 Å². The quantitative estimate of drug-likeness (QED) is 0.590. The second-order valence-electron chi connectivity index (χ2n) is 5.61. The monoisotopic (exact) mass is 302 g/mol. The zero-order chi connectivity index (χ0) is 16.2. The number of alkyl carbamates (subject to hydrolysis) is 1. The van der Waals surface area contributed by atoms with Crippen LogP contribution in [-0.2, 0) is 23.9 Å². The highest BCUT2D eigenvalue weighted by atomic mass is 16.7. The predicted molar refractivity (Wildman–Crippen MR) is 72.1 cm³/mol. The summed E-state index contributed by atoms with van der Waals surface area (Å²) in [5, 5.41) is 3.51. The molecule has 0 saturated carbocycles. The highest BCUT2D eigenvalue weighted by Crippen LogP contribution is 2.20. The van der Waals surface area contributed by atoms with Gasteiger partial charge in [0.25, 0.3) is 5.91 Å². The summed E-state index contributed by atoms with van der Waals surface area (Å²) in [5.74, 6) is -0.987. The maximum atomic E-state index is 11.8. The Hall–Kier alpha value is -1.83. The van der Waals surface area contributed by atoms with E-state index in [0.29, 0.717) is 0 Å². The normalized spacial score (nSPS) is 21.6. The molecule has 1 heterocycles. The zero-order valence-electron chi connectivity index (χ0n) is 13.0. The molecule has 0 radical (unpaired) electrons. The van der Waals surface area contributed by atoms with Gasteiger partial charge in [0.1, 0.15) is 11.6 Å². The fourth-order valence-electron chi connectivity index (χ4n) is 1.72. The Labute approximate surface area is 123 Å². The number of nitrogens with zero attached hydrogens (tertiary/aromatic N) is 1. The minimum atomic E-state index is -0.720. The first-order chi connectivity index (χ1) is 9.65. The Morgan fingerprint density at radius 1 is 1.33 bits per heavy atom. The van der Waals surface area contributed by atoms with Gasteiger partial charge < -0.3 is 14.8 Å². The molecule has 21 heavy (non-hydrogen) atoms. The number of hydrogen-bond acceptors (Lipinski definition) is 6. The van der Waals surface area contributed by atoms with Crippen molar-refractivity contribution in [3.8, 4) is 0 Å². The smallest absolute Gasteiger partial charge is 0.408 e. The van der Waals surface area contributed by atoms with Crippen LogP contribution in [0.1, 0.15) is 34.6 Å². The summed E-state index contributed by atoms with van der Waals surface area (Å²) >= 11 is 0. The lowest BCUT2D eigenvalue weighted by molar-refractivity contribution is -0.234. The first-order valence-electron chi connectivity index (χ1n) is 6.77. The molecule has 120 valence electrons. The van der Waals surface area contributed by atoms with Crippen LogP contribution in [0.5, 0.6) is 0 Å². The van der Waals surface area contributed by atoms with Gasteiger partial charge in [-0.25, -0.2) is 14.7 Å². The number of carbonyl (C=O) groups is 3. The van der Waals surface area contributed by atoms with E-state index < -0.39 is 29.6 Å². The summed E-state index contributed by atoms with van der Waals surface area (Å²) in [7, 11) is 0. The second kappa shape index (κ2) is 6.75. The lowest BCUT2D eigenvalue weighted by atomic mass is 10.0. The van der Waals surface area contributed by atoms with Crippen LogP contribution >= 0.6 is 0 Å². The molecule has 2 amide bonds. The summed E-state index contributed by atoms with van der Waals surface area (Å²) in [6, 6.07) is -1.11. The maximum absolute atomic E-state index is 11.8. The number of esters is 1. The molecule has 0 bridgehead atoms. The van der Waals surface area contributed by atoms with Crippen LogP contribution in [0.2, 0.25) is 0 Å². The minimum Gasteiger partial charge on any atom is -0.464 e. The Balaban J connectivity index is 2.40. The predicted octanol–water partition coefficient (Wildman–Crippen LogP) is 0.605. The lowest BCUT2D eigenvalue weighted by Gasteiger charge is -2.43. The van der Waals surface area contributed by atoms with E-state index in [9.17, 15) is 14.4 Å². The topological polar surface area (TPSA) is 94.2 Å². The van der Waals surface area contributed by atoms with E-state index >= 15 is 0 Å². The van der Waals surface area contributed by atoms with Gasteiger partial charge in [-0.05, 0) is 34.6 Å². The van der Waals surface area contributed by atoms with Gasteiger partial charge in [-0.2, -0.15) is 0 Å². The van der Waals surface area contributed by atoms with Gasteiger partial charge in [0.15, 0.2) is 6.61 Å². The molecule has 0 aliphatic carbocycles. The van der Waals surface area contributed by atoms with Crippen molar-refractivity contribution in [3.05, 3.63) is 0 Å². The van der Waals surface area contributed by atoms with E-state index in [1.165, 1.54) is 0 Å². The van der Waals surface area contributed by atoms with Crippen LogP contribution in [0.15, 0.2) is 0 Å². The molecule has 2 atom stereocenters.